The van der Waals surface area contributed by atoms with Crippen LogP contribution in [0.3, 0.4) is 0 Å². The van der Waals surface area contributed by atoms with E-state index in [-0.39, 0.29) is 24.3 Å². The van der Waals surface area contributed by atoms with Gasteiger partial charge in [-0.15, -0.1) is 0 Å². The number of amides is 1. The third-order valence-corrected chi connectivity index (χ3v) is 3.91. The van der Waals surface area contributed by atoms with Crippen molar-refractivity contribution >= 4 is 11.9 Å². The monoisotopic (exact) mass is 261 g/mol. The molecular formula is C12H20FNO4. The summed E-state index contributed by atoms with van der Waals surface area (Å²) in [7, 11) is 0. The maximum absolute atomic E-state index is 12.0. The van der Waals surface area contributed by atoms with E-state index >= 15 is 0 Å². The van der Waals surface area contributed by atoms with Gasteiger partial charge < -0.3 is 15.2 Å². The van der Waals surface area contributed by atoms with Gasteiger partial charge in [0.25, 0.3) is 5.91 Å². The molecule has 0 aromatic carbocycles. The molecule has 1 rings (SSSR count). The van der Waals surface area contributed by atoms with Gasteiger partial charge in [-0.3, -0.25) is 4.79 Å². The number of aliphatic carboxylic acids is 1. The van der Waals surface area contributed by atoms with Gasteiger partial charge in [0.1, 0.15) is 0 Å². The Balaban J connectivity index is 2.67. The minimum absolute atomic E-state index is 0.0920. The maximum atomic E-state index is 12.0. The van der Waals surface area contributed by atoms with Crippen molar-refractivity contribution in [3.63, 3.8) is 0 Å². The summed E-state index contributed by atoms with van der Waals surface area (Å²) in [4.78, 5) is 21.9. The zero-order chi connectivity index (χ0) is 13.9. The molecule has 5 atom stereocenters. The van der Waals surface area contributed by atoms with Crippen LogP contribution in [0.1, 0.15) is 20.8 Å². The Bertz CT molecular complexity index is 323. The van der Waals surface area contributed by atoms with Crippen LogP contribution in [-0.4, -0.2) is 42.4 Å². The smallest absolute Gasteiger partial charge is 0.333 e. The molecule has 0 saturated carbocycles. The molecule has 104 valence electrons. The van der Waals surface area contributed by atoms with Gasteiger partial charge in [0.05, 0.1) is 6.10 Å². The molecular weight excluding hydrogens is 241 g/mol. The van der Waals surface area contributed by atoms with Crippen LogP contribution in [0.15, 0.2) is 0 Å². The first-order valence-corrected chi connectivity index (χ1v) is 6.09. The molecule has 0 aliphatic carbocycles. The molecule has 0 unspecified atom stereocenters. The Morgan fingerprint density at radius 3 is 2.33 bits per heavy atom. The van der Waals surface area contributed by atoms with Crippen LogP contribution >= 0.6 is 0 Å². The van der Waals surface area contributed by atoms with E-state index in [9.17, 15) is 14.0 Å². The number of ether oxygens (including phenoxy) is 1. The van der Waals surface area contributed by atoms with E-state index in [1.54, 1.807) is 0 Å². The third-order valence-electron chi connectivity index (χ3n) is 3.91. The highest BCUT2D eigenvalue weighted by atomic mass is 19.1. The molecule has 1 saturated heterocycles. The molecule has 0 aromatic heterocycles. The van der Waals surface area contributed by atoms with Crippen LogP contribution in [0, 0.1) is 17.8 Å². The lowest BCUT2D eigenvalue weighted by Gasteiger charge is -2.42. The second-order valence-electron chi connectivity index (χ2n) is 4.95. The molecule has 1 aliphatic rings. The first kappa shape index (κ1) is 14.9. The fourth-order valence-electron chi connectivity index (χ4n) is 2.31. The highest BCUT2D eigenvalue weighted by molar-refractivity contribution is 5.77. The second kappa shape index (κ2) is 6.13. The minimum atomic E-state index is -1.07. The van der Waals surface area contributed by atoms with Crippen LogP contribution < -0.4 is 5.32 Å². The van der Waals surface area contributed by atoms with Crippen LogP contribution in [0.25, 0.3) is 0 Å². The summed E-state index contributed by atoms with van der Waals surface area (Å²) >= 11 is 0. The van der Waals surface area contributed by atoms with Gasteiger partial charge in [-0.2, -0.15) is 0 Å². The van der Waals surface area contributed by atoms with Gasteiger partial charge in [0.15, 0.2) is 12.8 Å². The molecule has 5 nitrogen and oxygen atoms in total. The zero-order valence-electron chi connectivity index (χ0n) is 10.9. The van der Waals surface area contributed by atoms with E-state index in [0.717, 1.165) is 0 Å². The Hall–Kier alpha value is -1.17. The van der Waals surface area contributed by atoms with Gasteiger partial charge in [0, 0.05) is 6.54 Å². The van der Waals surface area contributed by atoms with Crippen molar-refractivity contribution in [3.8, 4) is 0 Å². The molecule has 0 spiro atoms. The fraction of sp³-hybridized carbons (Fsp3) is 0.833. The largest absolute Gasteiger partial charge is 0.479 e. The van der Waals surface area contributed by atoms with Gasteiger partial charge in [-0.05, 0) is 17.8 Å². The Morgan fingerprint density at radius 1 is 1.22 bits per heavy atom. The van der Waals surface area contributed by atoms with Gasteiger partial charge in [-0.1, -0.05) is 20.8 Å². The Labute approximate surface area is 106 Å². The summed E-state index contributed by atoms with van der Waals surface area (Å²) in [6.45, 7) is 4.83. The lowest BCUT2D eigenvalue weighted by atomic mass is 9.76. The number of alkyl halides is 1. The second-order valence-corrected chi connectivity index (χ2v) is 4.95. The summed E-state index contributed by atoms with van der Waals surface area (Å²) < 4.78 is 17.5. The molecule has 0 bridgehead atoms. The van der Waals surface area contributed by atoms with E-state index in [1.807, 2.05) is 20.8 Å². The van der Waals surface area contributed by atoms with Crippen molar-refractivity contribution in [1.29, 1.82) is 0 Å². The minimum Gasteiger partial charge on any atom is -0.479 e. The molecule has 2 N–H and O–H groups in total. The molecule has 6 heteroatoms. The first-order valence-electron chi connectivity index (χ1n) is 6.09. The Kier molecular flexibility index (Phi) is 5.07. The summed E-state index contributed by atoms with van der Waals surface area (Å²) in [5.74, 6) is -1.53. The standard InChI is InChI=1S/C12H20FNO4/c1-6-7(2)9(5-14-10(15)4-13)18-11(8(6)3)12(16)17/h6-9,11H,4-5H2,1-3H3,(H,14,15)(H,16,17)/t6-,7-,8+,9+,11+/m0/s1. The molecule has 1 fully saturated rings. The topological polar surface area (TPSA) is 75.6 Å². The van der Waals surface area contributed by atoms with Crippen molar-refractivity contribution in [1.82, 2.24) is 5.32 Å². The average Bonchev–Trinajstić information content (AvgIpc) is 2.34. The molecule has 1 amide bonds. The first-order chi connectivity index (χ1) is 8.38. The molecule has 0 aromatic rings. The molecule has 1 heterocycles. The Morgan fingerprint density at radius 2 is 1.83 bits per heavy atom. The number of carboxylic acids is 1. The predicted molar refractivity (Wildman–Crippen MR) is 62.8 cm³/mol. The van der Waals surface area contributed by atoms with Crippen LogP contribution in [0.2, 0.25) is 0 Å². The normalized spacial score (nSPS) is 36.1. The fourth-order valence-corrected chi connectivity index (χ4v) is 2.31. The summed E-state index contributed by atoms with van der Waals surface area (Å²) in [5, 5.41) is 11.5. The van der Waals surface area contributed by atoms with E-state index < -0.39 is 30.8 Å². The molecule has 1 aliphatic heterocycles. The van der Waals surface area contributed by atoms with Crippen molar-refractivity contribution < 1.29 is 23.8 Å². The van der Waals surface area contributed by atoms with Crippen LogP contribution in [-0.2, 0) is 14.3 Å². The summed E-state index contributed by atoms with van der Waals surface area (Å²) in [5.41, 5.74) is 0. The van der Waals surface area contributed by atoms with Crippen LogP contribution in [0.4, 0.5) is 4.39 Å². The number of halogens is 1. The number of carbonyl (C=O) groups excluding carboxylic acids is 1. The number of carboxylic acid groups (broad SMARTS) is 1. The average molecular weight is 261 g/mol. The van der Waals surface area contributed by atoms with Crippen molar-refractivity contribution in [3.05, 3.63) is 0 Å². The number of hydrogen-bond donors (Lipinski definition) is 2. The summed E-state index contributed by atoms with van der Waals surface area (Å²) in [6.07, 6.45) is -1.27. The van der Waals surface area contributed by atoms with E-state index in [4.69, 9.17) is 9.84 Å². The number of hydrogen-bond acceptors (Lipinski definition) is 3. The third kappa shape index (κ3) is 3.19. The molecule has 18 heavy (non-hydrogen) atoms. The van der Waals surface area contributed by atoms with Gasteiger partial charge in [-0.25, -0.2) is 9.18 Å². The highest BCUT2D eigenvalue weighted by Gasteiger charge is 2.42. The van der Waals surface area contributed by atoms with E-state index in [0.29, 0.717) is 0 Å². The maximum Gasteiger partial charge on any atom is 0.333 e. The van der Waals surface area contributed by atoms with Crippen molar-refractivity contribution in [2.24, 2.45) is 17.8 Å². The number of nitrogens with one attached hydrogen (secondary N) is 1. The van der Waals surface area contributed by atoms with E-state index in [1.165, 1.54) is 0 Å². The van der Waals surface area contributed by atoms with Crippen LogP contribution in [0.5, 0.6) is 0 Å². The van der Waals surface area contributed by atoms with Gasteiger partial charge in [0.2, 0.25) is 0 Å². The SMILES string of the molecule is C[C@@H]1[C@@H](C)[C@H](C(=O)O)O[C@H](CNC(=O)CF)[C@H]1C. The highest BCUT2D eigenvalue weighted by Crippen LogP contribution is 2.34. The lowest BCUT2D eigenvalue weighted by Crippen LogP contribution is -2.51. The van der Waals surface area contributed by atoms with Crippen molar-refractivity contribution in [2.45, 2.75) is 33.0 Å². The number of rotatable bonds is 4. The quantitative estimate of drug-likeness (QED) is 0.786. The van der Waals surface area contributed by atoms with Gasteiger partial charge >= 0.3 is 5.97 Å². The van der Waals surface area contributed by atoms with Crippen molar-refractivity contribution in [2.75, 3.05) is 13.2 Å². The summed E-state index contributed by atoms with van der Waals surface area (Å²) in [6, 6.07) is 0. The number of carbonyl (C=O) groups is 2. The zero-order valence-corrected chi connectivity index (χ0v) is 10.9. The predicted octanol–water partition coefficient (Wildman–Crippen LogP) is 0.832. The van der Waals surface area contributed by atoms with E-state index in [2.05, 4.69) is 5.32 Å². The molecule has 0 radical (unpaired) electrons. The lowest BCUT2D eigenvalue weighted by molar-refractivity contribution is -0.178.